The maximum absolute atomic E-state index is 4.62. The van der Waals surface area contributed by atoms with E-state index in [1.807, 2.05) is 0 Å². The fraction of sp³-hybridized carbons (Fsp3) is 0.462. The molecule has 4 rings (SSSR count). The minimum atomic E-state index is 0. The zero-order chi connectivity index (χ0) is 23.6. The summed E-state index contributed by atoms with van der Waals surface area (Å²) in [5, 5.41) is 0. The lowest BCUT2D eigenvalue weighted by molar-refractivity contribution is -0.403. The van der Waals surface area contributed by atoms with E-state index in [2.05, 4.69) is 148 Å². The van der Waals surface area contributed by atoms with Crippen LogP contribution in [0.15, 0.2) is 35.0 Å². The molecule has 0 N–H and O–H groups in total. The summed E-state index contributed by atoms with van der Waals surface area (Å²) < 4.78 is 6.96. The molecule has 0 aliphatic carbocycles. The highest BCUT2D eigenvalue weighted by molar-refractivity contribution is 9.11. The molecule has 2 aliphatic heterocycles. The number of fused-ring (bicyclic) bond motifs is 2. The number of aliphatic imine (C=N–C) groups is 1. The third-order valence-electron chi connectivity index (χ3n) is 7.06. The summed E-state index contributed by atoms with van der Waals surface area (Å²) in [5.41, 5.74) is 10.3. The van der Waals surface area contributed by atoms with Gasteiger partial charge >= 0.3 is 0 Å². The molecule has 32 heavy (non-hydrogen) atoms. The Kier molecular flexibility index (Phi) is 8.20. The molecule has 0 radical (unpaired) electrons. The maximum atomic E-state index is 4.62. The van der Waals surface area contributed by atoms with Gasteiger partial charge in [-0.2, -0.15) is 0 Å². The molecule has 0 unspecified atom stereocenters. The zero-order valence-corrected chi connectivity index (χ0v) is 25.9. The Morgan fingerprint density at radius 3 is 1.75 bits per heavy atom. The Bertz CT molecular complexity index is 1170. The van der Waals surface area contributed by atoms with E-state index in [0.29, 0.717) is 0 Å². The van der Waals surface area contributed by atoms with E-state index in [9.17, 15) is 0 Å². The van der Waals surface area contributed by atoms with Crippen molar-refractivity contribution >= 4 is 86.5 Å². The molecule has 2 aromatic rings. The Labute approximate surface area is 227 Å². The first-order valence-corrected chi connectivity index (χ1v) is 13.4. The highest BCUT2D eigenvalue weighted by Gasteiger charge is 2.44. The fourth-order valence-corrected chi connectivity index (χ4v) is 7.42. The molecule has 0 bridgehead atoms. The zero-order valence-electron chi connectivity index (χ0n) is 19.6. The first-order valence-electron chi connectivity index (χ1n) is 10.3. The first kappa shape index (κ1) is 27.9. The summed E-state index contributed by atoms with van der Waals surface area (Å²) in [7, 11) is 2.14. The SMILES string of the molecule is C.CC1=Nc2cc(Br)c(C)c(Br)c2C1(C)C.CC1=[N+](C)c2cc(Br)c(C)c(Br)c2C1(C)C. The Morgan fingerprint density at radius 2 is 1.22 bits per heavy atom. The highest BCUT2D eigenvalue weighted by Crippen LogP contribution is 2.48. The standard InChI is InChI=1S/C13H16Br2N.C12H13Br2N.CH4/c1-7-9(14)6-10-11(12(7)15)13(3,4)8(2)16(10)5;1-6-8(13)5-9-10(11(6)14)12(3,4)7(2)15-9;/h6H,1-5H3;5H,1-4H3;1H4/q+1;;. The van der Waals surface area contributed by atoms with E-state index < -0.39 is 0 Å². The number of benzene rings is 2. The van der Waals surface area contributed by atoms with E-state index in [-0.39, 0.29) is 18.3 Å². The Morgan fingerprint density at radius 1 is 0.750 bits per heavy atom. The monoisotopic (exact) mass is 689 g/mol. The van der Waals surface area contributed by atoms with Crippen LogP contribution < -0.4 is 0 Å². The van der Waals surface area contributed by atoms with Gasteiger partial charge in [0.25, 0.3) is 0 Å². The summed E-state index contributed by atoms with van der Waals surface area (Å²) in [4.78, 5) is 4.62. The molecular formula is C26H33Br4N2+. The molecule has 0 fully saturated rings. The molecule has 0 saturated carbocycles. The van der Waals surface area contributed by atoms with Crippen molar-refractivity contribution in [3.8, 4) is 0 Å². The van der Waals surface area contributed by atoms with Gasteiger partial charge in [0.1, 0.15) is 7.05 Å². The minimum absolute atomic E-state index is 0. The Balaban J connectivity index is 0.000000220. The lowest BCUT2D eigenvalue weighted by Crippen LogP contribution is -2.25. The van der Waals surface area contributed by atoms with Crippen LogP contribution in [0.2, 0.25) is 0 Å². The highest BCUT2D eigenvalue weighted by atomic mass is 79.9. The van der Waals surface area contributed by atoms with Crippen LogP contribution in [0.1, 0.15) is 71.2 Å². The van der Waals surface area contributed by atoms with E-state index in [1.165, 1.54) is 48.3 Å². The van der Waals surface area contributed by atoms with Crippen molar-refractivity contribution in [2.24, 2.45) is 4.99 Å². The second-order valence-corrected chi connectivity index (χ2v) is 12.8. The van der Waals surface area contributed by atoms with Crippen molar-refractivity contribution in [1.82, 2.24) is 0 Å². The van der Waals surface area contributed by atoms with E-state index in [4.69, 9.17) is 0 Å². The van der Waals surface area contributed by atoms with Gasteiger partial charge < -0.3 is 0 Å². The molecule has 0 spiro atoms. The predicted octanol–water partition coefficient (Wildman–Crippen LogP) is 10.1. The number of hydrogen-bond acceptors (Lipinski definition) is 1. The fourth-order valence-electron chi connectivity index (χ4n) is 4.23. The van der Waals surface area contributed by atoms with E-state index >= 15 is 0 Å². The lowest BCUT2D eigenvalue weighted by atomic mass is 9.82. The van der Waals surface area contributed by atoms with E-state index in [1.54, 1.807) is 0 Å². The topological polar surface area (TPSA) is 15.4 Å². The van der Waals surface area contributed by atoms with Gasteiger partial charge in [-0.25, -0.2) is 4.58 Å². The van der Waals surface area contributed by atoms with Crippen LogP contribution in [0.4, 0.5) is 11.4 Å². The number of nitrogens with zero attached hydrogens (tertiary/aromatic N) is 2. The molecule has 2 aliphatic rings. The third kappa shape index (κ3) is 4.27. The molecule has 6 heteroatoms. The summed E-state index contributed by atoms with van der Waals surface area (Å²) in [6.45, 7) is 17.5. The summed E-state index contributed by atoms with van der Waals surface area (Å²) in [6.07, 6.45) is 0. The van der Waals surface area contributed by atoms with Crippen LogP contribution in [0.3, 0.4) is 0 Å². The molecular weight excluding hydrogens is 660 g/mol. The normalized spacial score (nSPS) is 17.2. The second kappa shape index (κ2) is 9.39. The van der Waals surface area contributed by atoms with Crippen LogP contribution in [-0.2, 0) is 10.8 Å². The second-order valence-electron chi connectivity index (χ2n) is 9.47. The Hall–Kier alpha value is -0.300. The van der Waals surface area contributed by atoms with Gasteiger partial charge in [-0.1, -0.05) is 69.1 Å². The molecule has 0 amide bonds. The van der Waals surface area contributed by atoms with Crippen molar-refractivity contribution < 1.29 is 4.58 Å². The third-order valence-corrected chi connectivity index (χ3v) is 10.7. The number of hydrogen-bond donors (Lipinski definition) is 0. The first-order chi connectivity index (χ1) is 14.1. The summed E-state index contributed by atoms with van der Waals surface area (Å²) >= 11 is 14.6. The van der Waals surface area contributed by atoms with Gasteiger partial charge in [0.05, 0.1) is 16.7 Å². The van der Waals surface area contributed by atoms with Gasteiger partial charge in [0.15, 0.2) is 5.71 Å². The molecule has 0 saturated heterocycles. The van der Waals surface area contributed by atoms with Gasteiger partial charge in [0, 0.05) is 47.6 Å². The van der Waals surface area contributed by atoms with Crippen LogP contribution in [0.25, 0.3) is 0 Å². The van der Waals surface area contributed by atoms with Crippen molar-refractivity contribution in [3.05, 3.63) is 52.3 Å². The maximum Gasteiger partial charge on any atom is 0.211 e. The van der Waals surface area contributed by atoms with Crippen LogP contribution in [0.5, 0.6) is 0 Å². The van der Waals surface area contributed by atoms with E-state index in [0.717, 1.165) is 14.6 Å². The molecule has 2 aromatic carbocycles. The summed E-state index contributed by atoms with van der Waals surface area (Å²) in [5.74, 6) is 0. The number of halogens is 4. The molecule has 0 atom stereocenters. The summed E-state index contributed by atoms with van der Waals surface area (Å²) in [6, 6.07) is 4.32. The molecule has 0 aromatic heterocycles. The van der Waals surface area contributed by atoms with Crippen LogP contribution in [-0.4, -0.2) is 23.0 Å². The van der Waals surface area contributed by atoms with Gasteiger partial charge in [-0.05, 0) is 67.7 Å². The minimum Gasteiger partial charge on any atom is -0.257 e. The quantitative estimate of drug-likeness (QED) is 0.244. The average molecular weight is 693 g/mol. The molecule has 2 heterocycles. The van der Waals surface area contributed by atoms with Crippen LogP contribution >= 0.6 is 63.7 Å². The van der Waals surface area contributed by atoms with Crippen molar-refractivity contribution in [1.29, 1.82) is 0 Å². The van der Waals surface area contributed by atoms with Gasteiger partial charge in [-0.3, -0.25) is 4.99 Å². The van der Waals surface area contributed by atoms with Crippen LogP contribution in [0, 0.1) is 13.8 Å². The molecule has 174 valence electrons. The van der Waals surface area contributed by atoms with Crippen molar-refractivity contribution in [2.75, 3.05) is 7.05 Å². The van der Waals surface area contributed by atoms with Crippen molar-refractivity contribution in [3.63, 3.8) is 0 Å². The van der Waals surface area contributed by atoms with Gasteiger partial charge in [-0.15, -0.1) is 0 Å². The average Bonchev–Trinajstić information content (AvgIpc) is 3.00. The largest absolute Gasteiger partial charge is 0.257 e. The lowest BCUT2D eigenvalue weighted by Gasteiger charge is -2.22. The van der Waals surface area contributed by atoms with Gasteiger partial charge in [0.2, 0.25) is 5.69 Å². The number of rotatable bonds is 0. The van der Waals surface area contributed by atoms with Crippen molar-refractivity contribution in [2.45, 2.75) is 73.6 Å². The predicted molar refractivity (Wildman–Crippen MR) is 155 cm³/mol. The molecule has 2 nitrogen and oxygen atoms in total. The smallest absolute Gasteiger partial charge is 0.211 e.